The summed E-state index contributed by atoms with van der Waals surface area (Å²) in [6, 6.07) is 8.52. The minimum absolute atomic E-state index is 0.212. The molecule has 0 radical (unpaired) electrons. The maximum absolute atomic E-state index is 12.5. The zero-order valence-electron chi connectivity index (χ0n) is 16.5. The number of carbonyl (C=O) groups excluding carboxylic acids is 1. The summed E-state index contributed by atoms with van der Waals surface area (Å²) in [6.45, 7) is 6.67. The van der Waals surface area contributed by atoms with Crippen LogP contribution in [0.1, 0.15) is 40.9 Å². The molecular formula is C22H23ClO5. The van der Waals surface area contributed by atoms with E-state index in [2.05, 4.69) is 0 Å². The lowest BCUT2D eigenvalue weighted by Gasteiger charge is -2.24. The first-order valence-electron chi connectivity index (χ1n) is 8.64. The molecular weight excluding hydrogens is 380 g/mol. The fourth-order valence-corrected chi connectivity index (χ4v) is 2.83. The SMILES string of the molecule is COc1cc(Cl)ccc1C(=O)/C=C/c1cc(C)c(OC(C)(C)C(=O)O)c(C)c1. The molecule has 0 heterocycles. The Bertz CT molecular complexity index is 921. The lowest BCUT2D eigenvalue weighted by atomic mass is 10.0. The molecule has 1 N–H and O–H groups in total. The highest BCUT2D eigenvalue weighted by Crippen LogP contribution is 2.29. The van der Waals surface area contributed by atoms with E-state index in [4.69, 9.17) is 21.1 Å². The van der Waals surface area contributed by atoms with E-state index in [1.807, 2.05) is 26.0 Å². The van der Waals surface area contributed by atoms with Crippen LogP contribution in [0.3, 0.4) is 0 Å². The van der Waals surface area contributed by atoms with E-state index in [0.29, 0.717) is 22.1 Å². The van der Waals surface area contributed by atoms with Crippen molar-refractivity contribution in [3.63, 3.8) is 0 Å². The number of rotatable bonds is 7. The molecule has 0 saturated carbocycles. The first kappa shape index (κ1) is 21.5. The molecule has 0 fully saturated rings. The van der Waals surface area contributed by atoms with Gasteiger partial charge in [-0.25, -0.2) is 4.79 Å². The van der Waals surface area contributed by atoms with Gasteiger partial charge in [0.1, 0.15) is 11.5 Å². The number of allylic oxidation sites excluding steroid dienone is 1. The van der Waals surface area contributed by atoms with E-state index in [1.54, 1.807) is 24.3 Å². The normalized spacial score (nSPS) is 11.5. The lowest BCUT2D eigenvalue weighted by Crippen LogP contribution is -2.38. The van der Waals surface area contributed by atoms with Crippen LogP contribution in [0.4, 0.5) is 0 Å². The predicted molar refractivity (Wildman–Crippen MR) is 110 cm³/mol. The number of ketones is 1. The third-order valence-electron chi connectivity index (χ3n) is 4.21. The van der Waals surface area contributed by atoms with Gasteiger partial charge in [0.2, 0.25) is 0 Å². The average molecular weight is 403 g/mol. The van der Waals surface area contributed by atoms with Crippen molar-refractivity contribution in [3.05, 3.63) is 63.7 Å². The smallest absolute Gasteiger partial charge is 0.347 e. The van der Waals surface area contributed by atoms with Crippen molar-refractivity contribution >= 4 is 29.4 Å². The second-order valence-corrected chi connectivity index (χ2v) is 7.38. The zero-order chi connectivity index (χ0) is 21.1. The molecule has 28 heavy (non-hydrogen) atoms. The van der Waals surface area contributed by atoms with Crippen molar-refractivity contribution in [2.45, 2.75) is 33.3 Å². The first-order chi connectivity index (χ1) is 13.0. The lowest BCUT2D eigenvalue weighted by molar-refractivity contribution is -0.152. The van der Waals surface area contributed by atoms with Crippen LogP contribution in [0, 0.1) is 13.8 Å². The third-order valence-corrected chi connectivity index (χ3v) is 4.45. The molecule has 0 bridgehead atoms. The summed E-state index contributed by atoms with van der Waals surface area (Å²) in [6.07, 6.45) is 3.16. The highest BCUT2D eigenvalue weighted by atomic mass is 35.5. The molecule has 2 aromatic carbocycles. The quantitative estimate of drug-likeness (QED) is 0.515. The van der Waals surface area contributed by atoms with Crippen LogP contribution in [0.25, 0.3) is 6.08 Å². The number of carboxylic acid groups (broad SMARTS) is 1. The van der Waals surface area contributed by atoms with E-state index >= 15 is 0 Å². The Morgan fingerprint density at radius 2 is 1.71 bits per heavy atom. The van der Waals surface area contributed by atoms with Gasteiger partial charge in [0, 0.05) is 5.02 Å². The highest BCUT2D eigenvalue weighted by molar-refractivity contribution is 6.31. The molecule has 2 aromatic rings. The van der Waals surface area contributed by atoms with Crippen LogP contribution < -0.4 is 9.47 Å². The molecule has 0 aliphatic rings. The van der Waals surface area contributed by atoms with Crippen molar-refractivity contribution < 1.29 is 24.2 Å². The number of carboxylic acids is 1. The molecule has 0 saturated heterocycles. The number of carbonyl (C=O) groups is 2. The molecule has 5 nitrogen and oxygen atoms in total. The van der Waals surface area contributed by atoms with Crippen molar-refractivity contribution in [1.82, 2.24) is 0 Å². The van der Waals surface area contributed by atoms with Gasteiger partial charge < -0.3 is 14.6 Å². The number of ether oxygens (including phenoxy) is 2. The second-order valence-electron chi connectivity index (χ2n) is 6.94. The van der Waals surface area contributed by atoms with Gasteiger partial charge in [-0.15, -0.1) is 0 Å². The maximum atomic E-state index is 12.5. The first-order valence-corrected chi connectivity index (χ1v) is 9.02. The number of aliphatic carboxylic acids is 1. The molecule has 2 rings (SSSR count). The van der Waals surface area contributed by atoms with E-state index in [-0.39, 0.29) is 5.78 Å². The summed E-state index contributed by atoms with van der Waals surface area (Å²) in [7, 11) is 1.48. The minimum atomic E-state index is -1.34. The standard InChI is InChI=1S/C22H23ClO5/c1-13-10-15(11-14(2)20(13)28-22(3,4)21(25)26)6-9-18(24)17-8-7-16(23)12-19(17)27-5/h6-12H,1-5H3,(H,25,26)/b9-6+. The van der Waals surface area contributed by atoms with Gasteiger partial charge in [-0.2, -0.15) is 0 Å². The molecule has 0 unspecified atom stereocenters. The fraction of sp³-hybridized carbons (Fsp3) is 0.273. The van der Waals surface area contributed by atoms with Gasteiger partial charge in [0.05, 0.1) is 12.7 Å². The maximum Gasteiger partial charge on any atom is 0.347 e. The Labute approximate surface area is 169 Å². The van der Waals surface area contributed by atoms with Crippen molar-refractivity contribution in [2.24, 2.45) is 0 Å². The highest BCUT2D eigenvalue weighted by Gasteiger charge is 2.30. The summed E-state index contributed by atoms with van der Waals surface area (Å²) >= 11 is 5.93. The van der Waals surface area contributed by atoms with Gasteiger partial charge in [0.15, 0.2) is 11.4 Å². The molecule has 0 spiro atoms. The van der Waals surface area contributed by atoms with Crippen LogP contribution >= 0.6 is 11.6 Å². The molecule has 0 aromatic heterocycles. The molecule has 0 atom stereocenters. The Balaban J connectivity index is 2.28. The monoisotopic (exact) mass is 402 g/mol. The number of hydrogen-bond acceptors (Lipinski definition) is 4. The summed E-state index contributed by atoms with van der Waals surface area (Å²) in [5.74, 6) is -0.321. The van der Waals surface area contributed by atoms with E-state index in [9.17, 15) is 14.7 Å². The average Bonchev–Trinajstić information content (AvgIpc) is 2.62. The summed E-state index contributed by atoms with van der Waals surface area (Å²) < 4.78 is 10.9. The van der Waals surface area contributed by atoms with E-state index in [0.717, 1.165) is 16.7 Å². The largest absolute Gasteiger partial charge is 0.496 e. The number of hydrogen-bond donors (Lipinski definition) is 1. The van der Waals surface area contributed by atoms with Crippen LogP contribution in [0.5, 0.6) is 11.5 Å². The molecule has 0 amide bonds. The van der Waals surface area contributed by atoms with Crippen LogP contribution in [-0.2, 0) is 4.79 Å². The van der Waals surface area contributed by atoms with Gasteiger partial charge in [-0.1, -0.05) is 17.7 Å². The third kappa shape index (κ3) is 4.93. The number of halogens is 1. The van der Waals surface area contributed by atoms with Crippen molar-refractivity contribution in [3.8, 4) is 11.5 Å². The molecule has 148 valence electrons. The Morgan fingerprint density at radius 1 is 1.11 bits per heavy atom. The zero-order valence-corrected chi connectivity index (χ0v) is 17.3. The topological polar surface area (TPSA) is 72.8 Å². The molecule has 0 aliphatic carbocycles. The Kier molecular flexibility index (Phi) is 6.52. The molecule has 6 heteroatoms. The van der Waals surface area contributed by atoms with E-state index < -0.39 is 11.6 Å². The van der Waals surface area contributed by atoms with Crippen LogP contribution in [-0.4, -0.2) is 29.6 Å². The number of benzene rings is 2. The van der Waals surface area contributed by atoms with Crippen molar-refractivity contribution in [1.29, 1.82) is 0 Å². The summed E-state index contributed by atoms with van der Waals surface area (Å²) in [5, 5.41) is 9.75. The number of aryl methyl sites for hydroxylation is 2. The van der Waals surface area contributed by atoms with Gasteiger partial charge in [0.25, 0.3) is 0 Å². The predicted octanol–water partition coefficient (Wildman–Crippen LogP) is 5.10. The summed E-state index contributed by atoms with van der Waals surface area (Å²) in [5.41, 5.74) is 1.45. The number of methoxy groups -OCH3 is 1. The summed E-state index contributed by atoms with van der Waals surface area (Å²) in [4.78, 5) is 23.8. The fourth-order valence-electron chi connectivity index (χ4n) is 2.67. The molecule has 0 aliphatic heterocycles. The second kappa shape index (κ2) is 8.48. The van der Waals surface area contributed by atoms with Crippen molar-refractivity contribution in [2.75, 3.05) is 7.11 Å². The van der Waals surface area contributed by atoms with Gasteiger partial charge in [-0.3, -0.25) is 4.79 Å². The van der Waals surface area contributed by atoms with Gasteiger partial charge in [-0.05, 0) is 80.8 Å². The van der Waals surface area contributed by atoms with E-state index in [1.165, 1.54) is 27.0 Å². The van der Waals surface area contributed by atoms with Crippen LogP contribution in [0.15, 0.2) is 36.4 Å². The Morgan fingerprint density at radius 3 is 2.25 bits per heavy atom. The Hall–Kier alpha value is -2.79. The minimum Gasteiger partial charge on any atom is -0.496 e. The van der Waals surface area contributed by atoms with Crippen LogP contribution in [0.2, 0.25) is 5.02 Å². The van der Waals surface area contributed by atoms with Gasteiger partial charge >= 0.3 is 5.97 Å².